The highest BCUT2D eigenvalue weighted by molar-refractivity contribution is 7.47. The van der Waals surface area contributed by atoms with Crippen molar-refractivity contribution in [3.05, 3.63) is 48.6 Å². The van der Waals surface area contributed by atoms with Gasteiger partial charge < -0.3 is 29.9 Å². The van der Waals surface area contributed by atoms with Crippen LogP contribution in [0.15, 0.2) is 48.6 Å². The molecule has 5 atom stereocenters. The first kappa shape index (κ1) is 52.4. The van der Waals surface area contributed by atoms with Crippen molar-refractivity contribution in [2.75, 3.05) is 19.8 Å². The molecule has 1 saturated heterocycles. The number of hydrogen-bond donors (Lipinski definition) is 3. The van der Waals surface area contributed by atoms with Crippen LogP contribution in [0.3, 0.4) is 0 Å². The van der Waals surface area contributed by atoms with Crippen molar-refractivity contribution in [2.24, 2.45) is 5.73 Å². The maximum Gasteiger partial charge on any atom is 0.472 e. The minimum Gasteiger partial charge on any atom is -0.480 e. The Bertz CT molecular complexity index is 1220. The smallest absolute Gasteiger partial charge is 0.472 e. The summed E-state index contributed by atoms with van der Waals surface area (Å²) in [6.45, 7) is 2.68. The summed E-state index contributed by atoms with van der Waals surface area (Å²) in [7, 11) is -4.74. The maximum atomic E-state index is 12.6. The average Bonchev–Trinajstić information content (AvgIpc) is 3.94. The fraction of sp³-hybridized carbons (Fsp3) is 0.750. The Labute approximate surface area is 343 Å². The average molecular weight is 826 g/mol. The number of nitrogens with two attached hydrogens (primary N) is 1. The zero-order valence-electron chi connectivity index (χ0n) is 35.1. The van der Waals surface area contributed by atoms with E-state index in [1.165, 1.54) is 57.8 Å². The molecule has 1 aliphatic rings. The number of phosphoric ester groups is 1. The fourth-order valence-electron chi connectivity index (χ4n) is 5.91. The molecule has 57 heavy (non-hydrogen) atoms. The number of epoxide rings is 1. The van der Waals surface area contributed by atoms with Gasteiger partial charge in [0.1, 0.15) is 12.6 Å². The standard InChI is InChI=1S/C44H76NO11P/c1-3-5-7-9-11-12-13-14-15-16-17-18-19-20-21-25-30-34-43(47)55-38(36-53-57(50,51)54-37-39(45)44(48)49)35-52-42(46)33-29-26-22-24-28-32-41-40(56-41)31-27-23-10-8-6-4-2/h14-15,17-18,20-21,23,27,38-41H,3-13,16,19,22,24-26,28-37,45H2,1-2H3,(H,48,49)(H,50,51)/b15-14-,18-17-,21-20-,27-23-/t38-,39+,40?,41?/m1/s1. The Morgan fingerprint density at radius 3 is 1.86 bits per heavy atom. The number of aliphatic carboxylic acids is 1. The summed E-state index contributed by atoms with van der Waals surface area (Å²) in [6, 6.07) is -1.53. The van der Waals surface area contributed by atoms with Crippen LogP contribution < -0.4 is 5.73 Å². The summed E-state index contributed by atoms with van der Waals surface area (Å²) >= 11 is 0. The quantitative estimate of drug-likeness (QED) is 0.0175. The van der Waals surface area contributed by atoms with Gasteiger partial charge >= 0.3 is 25.7 Å². The lowest BCUT2D eigenvalue weighted by molar-refractivity contribution is -0.161. The first-order chi connectivity index (χ1) is 27.6. The molecule has 1 aliphatic heterocycles. The molecule has 1 heterocycles. The molecule has 0 bridgehead atoms. The highest BCUT2D eigenvalue weighted by Crippen LogP contribution is 2.43. The van der Waals surface area contributed by atoms with Crippen LogP contribution in [0.5, 0.6) is 0 Å². The summed E-state index contributed by atoms with van der Waals surface area (Å²) in [6.07, 6.45) is 40.6. The Kier molecular flexibility index (Phi) is 32.5. The lowest BCUT2D eigenvalue weighted by Gasteiger charge is -2.20. The summed E-state index contributed by atoms with van der Waals surface area (Å²) < 4.78 is 38.4. The number of carboxylic acid groups (broad SMARTS) is 1. The SMILES string of the molecule is CCCCC/C=C\CC1OC1CCCCCCCC(=O)OC[C@H](COP(=O)(O)OC[C@H](N)C(=O)O)OC(=O)CCC/C=C\C/C=C\C/C=C\CCCCCCCC. The van der Waals surface area contributed by atoms with Crippen LogP contribution in [0, 0.1) is 0 Å². The summed E-state index contributed by atoms with van der Waals surface area (Å²) in [5.41, 5.74) is 5.33. The fourth-order valence-corrected chi connectivity index (χ4v) is 6.69. The first-order valence-electron chi connectivity index (χ1n) is 21.8. The van der Waals surface area contributed by atoms with Gasteiger partial charge in [-0.3, -0.25) is 23.4 Å². The first-order valence-corrected chi connectivity index (χ1v) is 23.3. The molecule has 13 heteroatoms. The molecule has 0 radical (unpaired) electrons. The van der Waals surface area contributed by atoms with Crippen molar-refractivity contribution in [1.82, 2.24) is 0 Å². The number of phosphoric acid groups is 1. The predicted octanol–water partition coefficient (Wildman–Crippen LogP) is 10.4. The van der Waals surface area contributed by atoms with Crippen molar-refractivity contribution in [1.29, 1.82) is 0 Å². The third-order valence-corrected chi connectivity index (χ3v) is 10.4. The second-order valence-electron chi connectivity index (χ2n) is 14.9. The van der Waals surface area contributed by atoms with Crippen LogP contribution in [0.1, 0.15) is 168 Å². The van der Waals surface area contributed by atoms with Crippen molar-refractivity contribution in [2.45, 2.75) is 192 Å². The van der Waals surface area contributed by atoms with E-state index in [0.717, 1.165) is 64.2 Å². The molecular formula is C44H76NO11P. The normalized spacial score (nSPS) is 17.8. The van der Waals surface area contributed by atoms with Gasteiger partial charge in [-0.25, -0.2) is 4.57 Å². The van der Waals surface area contributed by atoms with E-state index in [1.54, 1.807) is 0 Å². The molecular weight excluding hydrogens is 749 g/mol. The lowest BCUT2D eigenvalue weighted by Crippen LogP contribution is -2.34. The Balaban J connectivity index is 2.34. The molecule has 1 fully saturated rings. The van der Waals surface area contributed by atoms with Crippen LogP contribution >= 0.6 is 7.82 Å². The molecule has 0 aliphatic carbocycles. The number of hydrogen-bond acceptors (Lipinski definition) is 10. The zero-order chi connectivity index (χ0) is 41.8. The number of allylic oxidation sites excluding steroid dienone is 7. The zero-order valence-corrected chi connectivity index (χ0v) is 36.0. The van der Waals surface area contributed by atoms with Gasteiger partial charge in [0, 0.05) is 12.8 Å². The Morgan fingerprint density at radius 1 is 0.649 bits per heavy atom. The van der Waals surface area contributed by atoms with Crippen LogP contribution in [-0.4, -0.2) is 72.1 Å². The number of rotatable bonds is 39. The number of carboxylic acids is 1. The summed E-state index contributed by atoms with van der Waals surface area (Å²) in [4.78, 5) is 46.0. The van der Waals surface area contributed by atoms with E-state index >= 15 is 0 Å². The number of esters is 2. The second-order valence-corrected chi connectivity index (χ2v) is 16.3. The van der Waals surface area contributed by atoms with E-state index in [9.17, 15) is 23.8 Å². The van der Waals surface area contributed by atoms with Gasteiger partial charge in [0.2, 0.25) is 0 Å². The molecule has 0 spiro atoms. The van der Waals surface area contributed by atoms with Crippen molar-refractivity contribution < 1.29 is 52.2 Å². The molecule has 328 valence electrons. The summed E-state index contributed by atoms with van der Waals surface area (Å²) in [5.74, 6) is -2.48. The molecule has 0 aromatic carbocycles. The van der Waals surface area contributed by atoms with Crippen LogP contribution in [0.2, 0.25) is 0 Å². The van der Waals surface area contributed by atoms with Gasteiger partial charge in [0.15, 0.2) is 6.10 Å². The van der Waals surface area contributed by atoms with Gasteiger partial charge in [-0.2, -0.15) is 0 Å². The molecule has 0 aromatic rings. The number of carbonyl (C=O) groups excluding carboxylic acids is 2. The molecule has 0 saturated carbocycles. The van der Waals surface area contributed by atoms with Gasteiger partial charge in [-0.1, -0.05) is 133 Å². The summed E-state index contributed by atoms with van der Waals surface area (Å²) in [5, 5.41) is 8.89. The number of unbranched alkanes of at least 4 members (excludes halogenated alkanes) is 14. The van der Waals surface area contributed by atoms with E-state index in [0.29, 0.717) is 31.5 Å². The van der Waals surface area contributed by atoms with Crippen LogP contribution in [-0.2, 0) is 42.2 Å². The number of ether oxygens (including phenoxy) is 3. The van der Waals surface area contributed by atoms with Crippen LogP contribution in [0.25, 0.3) is 0 Å². The molecule has 0 amide bonds. The second kappa shape index (κ2) is 35.4. The van der Waals surface area contributed by atoms with E-state index in [4.69, 9.17) is 29.6 Å². The third kappa shape index (κ3) is 33.0. The Morgan fingerprint density at radius 2 is 1.18 bits per heavy atom. The number of carbonyl (C=O) groups is 3. The molecule has 1 rings (SSSR count). The van der Waals surface area contributed by atoms with E-state index < -0.39 is 51.1 Å². The lowest BCUT2D eigenvalue weighted by atomic mass is 10.1. The largest absolute Gasteiger partial charge is 0.480 e. The maximum absolute atomic E-state index is 12.6. The van der Waals surface area contributed by atoms with Crippen molar-refractivity contribution in [3.8, 4) is 0 Å². The molecule has 12 nitrogen and oxygen atoms in total. The van der Waals surface area contributed by atoms with Crippen molar-refractivity contribution >= 4 is 25.7 Å². The minimum absolute atomic E-state index is 0.0818. The molecule has 3 unspecified atom stereocenters. The Hall–Kier alpha value is -2.60. The van der Waals surface area contributed by atoms with Crippen molar-refractivity contribution in [3.63, 3.8) is 0 Å². The molecule has 0 aromatic heterocycles. The van der Waals surface area contributed by atoms with Gasteiger partial charge in [-0.05, 0) is 70.6 Å². The van der Waals surface area contributed by atoms with Gasteiger partial charge in [0.05, 0.1) is 25.4 Å². The monoisotopic (exact) mass is 826 g/mol. The van der Waals surface area contributed by atoms with Crippen LogP contribution in [0.4, 0.5) is 0 Å². The topological polar surface area (TPSA) is 184 Å². The predicted molar refractivity (Wildman–Crippen MR) is 226 cm³/mol. The van der Waals surface area contributed by atoms with E-state index in [1.807, 2.05) is 12.2 Å². The molecule has 4 N–H and O–H groups in total. The third-order valence-electron chi connectivity index (χ3n) is 9.47. The van der Waals surface area contributed by atoms with Gasteiger partial charge in [-0.15, -0.1) is 0 Å². The van der Waals surface area contributed by atoms with E-state index in [2.05, 4.69) is 54.8 Å². The minimum atomic E-state index is -4.74. The highest BCUT2D eigenvalue weighted by Gasteiger charge is 2.36. The van der Waals surface area contributed by atoms with Gasteiger partial charge in [0.25, 0.3) is 0 Å². The van der Waals surface area contributed by atoms with E-state index in [-0.39, 0.29) is 19.4 Å². The highest BCUT2D eigenvalue weighted by atomic mass is 31.2.